The molecular weight excluding hydrogens is 464 g/mol. The number of hydrogen-bond donors (Lipinski definition) is 0. The zero-order valence-electron chi connectivity index (χ0n) is 21.8. The molecule has 0 N–H and O–H groups in total. The molecule has 7 heteroatoms. The van der Waals surface area contributed by atoms with Crippen molar-refractivity contribution in [1.29, 1.82) is 5.26 Å². The second-order valence-corrected chi connectivity index (χ2v) is 9.56. The molecule has 0 fully saturated rings. The Balaban J connectivity index is 1.82. The molecule has 2 amide bonds. The molecule has 1 aliphatic rings. The summed E-state index contributed by atoms with van der Waals surface area (Å²) >= 11 is 0. The Hall–Kier alpha value is -4.44. The molecule has 0 saturated carbocycles. The third kappa shape index (κ3) is 5.24. The van der Waals surface area contributed by atoms with Crippen LogP contribution < -0.4 is 4.74 Å². The first-order valence-corrected chi connectivity index (χ1v) is 12.3. The fourth-order valence-electron chi connectivity index (χ4n) is 4.15. The molecule has 3 aromatic rings. The van der Waals surface area contributed by atoms with Gasteiger partial charge in [-0.1, -0.05) is 32.0 Å². The van der Waals surface area contributed by atoms with Crippen LogP contribution in [0.2, 0.25) is 0 Å². The zero-order valence-corrected chi connectivity index (χ0v) is 21.8. The number of nitriles is 1. The largest absolute Gasteiger partial charge is 0.493 e. The summed E-state index contributed by atoms with van der Waals surface area (Å²) in [7, 11) is 1.39. The minimum Gasteiger partial charge on any atom is -0.493 e. The number of likely N-dealkylation sites (N-methyl/N-ethyl adjacent to an activating group) is 1. The normalized spacial score (nSPS) is 15.1. The van der Waals surface area contributed by atoms with Crippen molar-refractivity contribution in [3.05, 3.63) is 82.6 Å². The third-order valence-corrected chi connectivity index (χ3v) is 6.41. The van der Waals surface area contributed by atoms with Crippen LogP contribution in [0, 0.1) is 24.2 Å². The second kappa shape index (κ2) is 10.7. The number of aryl methyl sites for hydroxylation is 1. The van der Waals surface area contributed by atoms with E-state index in [0.717, 1.165) is 33.9 Å². The van der Waals surface area contributed by atoms with Crippen molar-refractivity contribution in [3.63, 3.8) is 0 Å². The van der Waals surface area contributed by atoms with Crippen LogP contribution in [-0.2, 0) is 9.59 Å². The number of hydrogen-bond acceptors (Lipinski definition) is 5. The van der Waals surface area contributed by atoms with Crippen molar-refractivity contribution in [1.82, 2.24) is 14.7 Å². The van der Waals surface area contributed by atoms with E-state index in [9.17, 15) is 14.9 Å². The van der Waals surface area contributed by atoms with E-state index in [-0.39, 0.29) is 11.1 Å². The van der Waals surface area contributed by atoms with E-state index < -0.39 is 11.8 Å². The van der Waals surface area contributed by atoms with Gasteiger partial charge in [-0.3, -0.25) is 14.5 Å². The number of ether oxygens (including phenoxy) is 1. The van der Waals surface area contributed by atoms with Gasteiger partial charge in [-0.05, 0) is 73.7 Å². The number of para-hydroxylation sites is 1. The molecule has 0 bridgehead atoms. The molecule has 188 valence electrons. The first-order valence-electron chi connectivity index (χ1n) is 12.3. The molecule has 1 aliphatic heterocycles. The summed E-state index contributed by atoms with van der Waals surface area (Å²) in [4.78, 5) is 26.4. The maximum absolute atomic E-state index is 13.0. The highest BCUT2D eigenvalue weighted by Crippen LogP contribution is 2.32. The SMILES string of the molecule is CC1=C(C#N)C(=O)N(C)C(=O)/C1=C/c1cn(-c2ccccc2)nc1-c1ccc(OCCC(C)C)c(C)c1. The summed E-state index contributed by atoms with van der Waals surface area (Å²) in [5.74, 6) is 0.343. The molecule has 2 heterocycles. The molecule has 4 rings (SSSR count). The molecule has 0 saturated heterocycles. The van der Waals surface area contributed by atoms with Crippen LogP contribution in [-0.4, -0.2) is 40.1 Å². The van der Waals surface area contributed by atoms with Gasteiger partial charge in [0, 0.05) is 29.9 Å². The fraction of sp³-hybridized carbons (Fsp3) is 0.267. The first kappa shape index (κ1) is 25.6. The van der Waals surface area contributed by atoms with Crippen LogP contribution in [0.5, 0.6) is 5.75 Å². The van der Waals surface area contributed by atoms with E-state index in [1.54, 1.807) is 17.7 Å². The van der Waals surface area contributed by atoms with E-state index in [2.05, 4.69) is 13.8 Å². The van der Waals surface area contributed by atoms with E-state index in [4.69, 9.17) is 9.84 Å². The van der Waals surface area contributed by atoms with Crippen LogP contribution in [0.15, 0.2) is 71.4 Å². The lowest BCUT2D eigenvalue weighted by Crippen LogP contribution is -2.39. The molecule has 7 nitrogen and oxygen atoms in total. The standard InChI is InChI=1S/C30H30N4O3/c1-19(2)13-14-37-27-12-11-22(15-20(27)3)28-23(18-34(32-28)24-9-7-6-8-10-24)16-25-21(4)26(17-31)30(36)33(5)29(25)35/h6-12,15-16,18-19H,13-14H2,1-5H3/b25-16+. The van der Waals surface area contributed by atoms with Crippen molar-refractivity contribution in [2.75, 3.05) is 13.7 Å². The number of imide groups is 1. The molecule has 0 unspecified atom stereocenters. The predicted octanol–water partition coefficient (Wildman–Crippen LogP) is 5.49. The van der Waals surface area contributed by atoms with Crippen LogP contribution in [0.1, 0.15) is 38.3 Å². The number of benzene rings is 2. The lowest BCUT2D eigenvalue weighted by molar-refractivity contribution is -0.138. The van der Waals surface area contributed by atoms with Crippen LogP contribution in [0.25, 0.3) is 23.0 Å². The van der Waals surface area contributed by atoms with Gasteiger partial charge in [-0.15, -0.1) is 0 Å². The summed E-state index contributed by atoms with van der Waals surface area (Å²) in [6, 6.07) is 17.6. The van der Waals surface area contributed by atoms with Gasteiger partial charge in [0.25, 0.3) is 11.8 Å². The van der Waals surface area contributed by atoms with Gasteiger partial charge >= 0.3 is 0 Å². The van der Waals surface area contributed by atoms with Crippen LogP contribution in [0.3, 0.4) is 0 Å². The number of aromatic nitrogens is 2. The Bertz CT molecular complexity index is 1460. The van der Waals surface area contributed by atoms with Crippen molar-refractivity contribution in [2.45, 2.75) is 34.1 Å². The summed E-state index contributed by atoms with van der Waals surface area (Å²) < 4.78 is 7.74. The molecule has 0 atom stereocenters. The maximum atomic E-state index is 13.0. The average molecular weight is 495 g/mol. The average Bonchev–Trinajstić information content (AvgIpc) is 3.31. The number of carbonyl (C=O) groups is 2. The molecule has 0 radical (unpaired) electrons. The Morgan fingerprint density at radius 1 is 1.08 bits per heavy atom. The minimum absolute atomic E-state index is 0.0379. The Morgan fingerprint density at radius 3 is 2.46 bits per heavy atom. The quantitative estimate of drug-likeness (QED) is 0.320. The highest BCUT2D eigenvalue weighted by Gasteiger charge is 2.33. The molecule has 1 aromatic heterocycles. The highest BCUT2D eigenvalue weighted by atomic mass is 16.5. The molecular formula is C30H30N4O3. The van der Waals surface area contributed by atoms with Crippen molar-refractivity contribution < 1.29 is 14.3 Å². The first-order chi connectivity index (χ1) is 17.7. The predicted molar refractivity (Wildman–Crippen MR) is 143 cm³/mol. The number of amides is 2. The second-order valence-electron chi connectivity index (χ2n) is 9.56. The zero-order chi connectivity index (χ0) is 26.7. The van der Waals surface area contributed by atoms with Crippen LogP contribution >= 0.6 is 0 Å². The molecule has 0 aliphatic carbocycles. The minimum atomic E-state index is -0.592. The van der Waals surface area contributed by atoms with E-state index in [1.807, 2.05) is 67.7 Å². The topological polar surface area (TPSA) is 88.2 Å². The van der Waals surface area contributed by atoms with Crippen molar-refractivity contribution in [2.24, 2.45) is 5.92 Å². The van der Waals surface area contributed by atoms with E-state index >= 15 is 0 Å². The van der Waals surface area contributed by atoms with Gasteiger partial charge in [-0.2, -0.15) is 10.4 Å². The third-order valence-electron chi connectivity index (χ3n) is 6.41. The lowest BCUT2D eigenvalue weighted by atomic mass is 9.93. The van der Waals surface area contributed by atoms with Crippen molar-refractivity contribution in [3.8, 4) is 28.8 Å². The monoisotopic (exact) mass is 494 g/mol. The summed E-state index contributed by atoms with van der Waals surface area (Å²) in [5, 5.41) is 14.4. The maximum Gasteiger partial charge on any atom is 0.271 e. The van der Waals surface area contributed by atoms with Gasteiger partial charge in [0.15, 0.2) is 0 Å². The number of nitrogens with zero attached hydrogens (tertiary/aromatic N) is 4. The lowest BCUT2D eigenvalue weighted by Gasteiger charge is -2.23. The van der Waals surface area contributed by atoms with Gasteiger partial charge in [0.2, 0.25) is 0 Å². The van der Waals surface area contributed by atoms with Crippen LogP contribution in [0.4, 0.5) is 0 Å². The smallest absolute Gasteiger partial charge is 0.271 e. The molecule has 2 aromatic carbocycles. The van der Waals surface area contributed by atoms with E-state index in [0.29, 0.717) is 29.4 Å². The van der Waals surface area contributed by atoms with Crippen molar-refractivity contribution >= 4 is 17.9 Å². The van der Waals surface area contributed by atoms with Gasteiger partial charge in [-0.25, -0.2) is 4.68 Å². The van der Waals surface area contributed by atoms with Gasteiger partial charge < -0.3 is 4.74 Å². The summed E-state index contributed by atoms with van der Waals surface area (Å²) in [5.41, 5.74) is 4.69. The number of carbonyl (C=O) groups excluding carboxylic acids is 2. The summed E-state index contributed by atoms with van der Waals surface area (Å²) in [6.07, 6.45) is 4.54. The molecule has 37 heavy (non-hydrogen) atoms. The van der Waals surface area contributed by atoms with E-state index in [1.165, 1.54) is 7.05 Å². The Morgan fingerprint density at radius 2 is 1.81 bits per heavy atom. The molecule has 0 spiro atoms. The summed E-state index contributed by atoms with van der Waals surface area (Å²) in [6.45, 7) is 8.61. The highest BCUT2D eigenvalue weighted by molar-refractivity contribution is 6.19. The fourth-order valence-corrected chi connectivity index (χ4v) is 4.15. The number of rotatable bonds is 7. The Labute approximate surface area is 217 Å². The Kier molecular flexibility index (Phi) is 7.40. The van der Waals surface area contributed by atoms with Gasteiger partial charge in [0.1, 0.15) is 17.4 Å². The van der Waals surface area contributed by atoms with Gasteiger partial charge in [0.05, 0.1) is 18.0 Å².